The monoisotopic (exact) mass is 374 g/mol. The van der Waals surface area contributed by atoms with Crippen molar-refractivity contribution in [2.75, 3.05) is 30.9 Å². The van der Waals surface area contributed by atoms with Crippen molar-refractivity contribution in [2.45, 2.75) is 6.18 Å². The van der Waals surface area contributed by atoms with Crippen LogP contribution in [0.3, 0.4) is 0 Å². The molecule has 2 rings (SSSR count). The number of alkyl halides is 3. The summed E-state index contributed by atoms with van der Waals surface area (Å²) in [5.41, 5.74) is -1.53. The topological polar surface area (TPSA) is 76.1 Å². The Morgan fingerprint density at radius 1 is 1.32 bits per heavy atom. The molecule has 1 aromatic heterocycles. The predicted octanol–water partition coefficient (Wildman–Crippen LogP) is 3.46. The predicted molar refractivity (Wildman–Crippen MR) is 86.8 cm³/mol. The fourth-order valence-electron chi connectivity index (χ4n) is 1.88. The van der Waals surface area contributed by atoms with E-state index in [1.54, 1.807) is 0 Å². The number of hydrogen-bond donors (Lipinski definition) is 2. The van der Waals surface area contributed by atoms with Crippen LogP contribution in [-0.2, 0) is 10.9 Å². The fourth-order valence-corrected chi connectivity index (χ4v) is 2.05. The van der Waals surface area contributed by atoms with Gasteiger partial charge in [-0.15, -0.1) is 0 Å². The minimum absolute atomic E-state index is 0.0852. The molecule has 2 aromatic rings. The summed E-state index contributed by atoms with van der Waals surface area (Å²) in [4.78, 5) is 20.1. The zero-order chi connectivity index (χ0) is 18.4. The number of carbonyl (C=O) groups excluding carboxylic acids is 1. The van der Waals surface area contributed by atoms with Crippen molar-refractivity contribution in [3.05, 3.63) is 46.7 Å². The van der Waals surface area contributed by atoms with Crippen LogP contribution < -0.4 is 10.6 Å². The fraction of sp³-hybridized carbons (Fsp3) is 0.267. The third-order valence-corrected chi connectivity index (χ3v) is 3.25. The highest BCUT2D eigenvalue weighted by molar-refractivity contribution is 6.30. The van der Waals surface area contributed by atoms with Gasteiger partial charge in [0.2, 0.25) is 5.95 Å². The molecule has 0 radical (unpaired) electrons. The molecule has 1 aromatic carbocycles. The van der Waals surface area contributed by atoms with E-state index in [2.05, 4.69) is 20.6 Å². The molecule has 0 aliphatic carbocycles. The van der Waals surface area contributed by atoms with Crippen LogP contribution >= 0.6 is 11.6 Å². The zero-order valence-corrected chi connectivity index (χ0v) is 13.8. The summed E-state index contributed by atoms with van der Waals surface area (Å²) >= 11 is 5.61. The van der Waals surface area contributed by atoms with Crippen LogP contribution in [0.25, 0.3) is 0 Å². The average molecular weight is 375 g/mol. The van der Waals surface area contributed by atoms with Gasteiger partial charge < -0.3 is 15.4 Å². The highest BCUT2D eigenvalue weighted by Gasteiger charge is 2.34. The van der Waals surface area contributed by atoms with Gasteiger partial charge in [0.15, 0.2) is 0 Å². The van der Waals surface area contributed by atoms with Crippen LogP contribution in [0.2, 0.25) is 5.02 Å². The maximum atomic E-state index is 13.1. The van der Waals surface area contributed by atoms with E-state index in [1.807, 2.05) is 0 Å². The smallest absolute Gasteiger partial charge is 0.383 e. The Hall–Kier alpha value is -2.39. The Kier molecular flexibility index (Phi) is 6.16. The lowest BCUT2D eigenvalue weighted by Crippen LogP contribution is -2.19. The Morgan fingerprint density at radius 3 is 2.76 bits per heavy atom. The van der Waals surface area contributed by atoms with E-state index in [9.17, 15) is 18.0 Å². The van der Waals surface area contributed by atoms with Crippen LogP contribution in [0.15, 0.2) is 30.5 Å². The number of ether oxygens (including phenoxy) is 1. The first-order valence-corrected chi connectivity index (χ1v) is 7.43. The number of halogens is 4. The summed E-state index contributed by atoms with van der Waals surface area (Å²) in [5, 5.41) is 4.93. The van der Waals surface area contributed by atoms with Gasteiger partial charge in [-0.3, -0.25) is 4.79 Å². The molecular weight excluding hydrogens is 361 g/mol. The SMILES string of the molecule is COCCNc1nccc(C(=O)Nc2ccc(Cl)cc2C(F)(F)F)n1. The van der Waals surface area contributed by atoms with E-state index in [0.29, 0.717) is 13.2 Å². The molecule has 6 nitrogen and oxygen atoms in total. The lowest BCUT2D eigenvalue weighted by Gasteiger charge is -2.14. The number of anilines is 2. The van der Waals surface area contributed by atoms with E-state index in [1.165, 1.54) is 25.4 Å². The number of nitrogens with one attached hydrogen (secondary N) is 2. The molecule has 0 saturated heterocycles. The lowest BCUT2D eigenvalue weighted by atomic mass is 10.1. The number of benzene rings is 1. The second-order valence-electron chi connectivity index (χ2n) is 4.83. The van der Waals surface area contributed by atoms with Gasteiger partial charge in [0, 0.05) is 24.9 Å². The van der Waals surface area contributed by atoms with Crippen molar-refractivity contribution >= 4 is 29.1 Å². The second-order valence-corrected chi connectivity index (χ2v) is 5.26. The molecule has 25 heavy (non-hydrogen) atoms. The molecule has 0 saturated carbocycles. The van der Waals surface area contributed by atoms with Crippen molar-refractivity contribution in [2.24, 2.45) is 0 Å². The normalized spacial score (nSPS) is 11.2. The number of carbonyl (C=O) groups is 1. The molecule has 2 N–H and O–H groups in total. The molecule has 0 spiro atoms. The third kappa shape index (κ3) is 5.30. The summed E-state index contributed by atoms with van der Waals surface area (Å²) < 4.78 is 44.0. The molecular formula is C15H14ClF3N4O2. The first-order valence-electron chi connectivity index (χ1n) is 7.05. The second kappa shape index (κ2) is 8.13. The standard InChI is InChI=1S/C15H14ClF3N4O2/c1-25-7-6-21-14-20-5-4-12(23-14)13(24)22-11-3-2-9(16)8-10(11)15(17,18)19/h2-5,8H,6-7H2,1H3,(H,22,24)(H,20,21,23). The minimum Gasteiger partial charge on any atom is -0.383 e. The van der Waals surface area contributed by atoms with Gasteiger partial charge in [-0.1, -0.05) is 11.6 Å². The van der Waals surface area contributed by atoms with E-state index in [0.717, 1.165) is 12.1 Å². The van der Waals surface area contributed by atoms with E-state index in [-0.39, 0.29) is 16.7 Å². The molecule has 1 amide bonds. The molecule has 0 unspecified atom stereocenters. The van der Waals surface area contributed by atoms with Crippen LogP contribution in [0, 0.1) is 0 Å². The molecule has 0 aliphatic heterocycles. The van der Waals surface area contributed by atoms with Crippen molar-refractivity contribution in [3.63, 3.8) is 0 Å². The quantitative estimate of drug-likeness (QED) is 0.757. The van der Waals surface area contributed by atoms with Crippen molar-refractivity contribution in [1.82, 2.24) is 9.97 Å². The third-order valence-electron chi connectivity index (χ3n) is 3.01. The largest absolute Gasteiger partial charge is 0.418 e. The summed E-state index contributed by atoms with van der Waals surface area (Å²) in [6, 6.07) is 4.38. The highest BCUT2D eigenvalue weighted by atomic mass is 35.5. The van der Waals surface area contributed by atoms with Gasteiger partial charge >= 0.3 is 6.18 Å². The zero-order valence-electron chi connectivity index (χ0n) is 13.0. The Balaban J connectivity index is 2.19. The molecule has 1 heterocycles. The van der Waals surface area contributed by atoms with Crippen molar-refractivity contribution < 1.29 is 22.7 Å². The number of amides is 1. The first kappa shape index (κ1) is 18.9. The molecule has 0 aliphatic rings. The number of methoxy groups -OCH3 is 1. The van der Waals surface area contributed by atoms with Gasteiger partial charge in [0.25, 0.3) is 5.91 Å². The number of aromatic nitrogens is 2. The number of hydrogen-bond acceptors (Lipinski definition) is 5. The van der Waals surface area contributed by atoms with Gasteiger partial charge in [0.05, 0.1) is 17.9 Å². The van der Waals surface area contributed by atoms with Crippen LogP contribution in [0.1, 0.15) is 16.1 Å². The molecule has 0 fully saturated rings. The number of rotatable bonds is 6. The maximum Gasteiger partial charge on any atom is 0.418 e. The van der Waals surface area contributed by atoms with Gasteiger partial charge in [-0.2, -0.15) is 13.2 Å². The summed E-state index contributed by atoms with van der Waals surface area (Å²) in [6.45, 7) is 0.816. The van der Waals surface area contributed by atoms with Gasteiger partial charge in [-0.05, 0) is 24.3 Å². The summed E-state index contributed by atoms with van der Waals surface area (Å²) in [7, 11) is 1.52. The van der Waals surface area contributed by atoms with Gasteiger partial charge in [0.1, 0.15) is 5.69 Å². The Morgan fingerprint density at radius 2 is 2.08 bits per heavy atom. The van der Waals surface area contributed by atoms with Crippen LogP contribution in [0.5, 0.6) is 0 Å². The van der Waals surface area contributed by atoms with E-state index in [4.69, 9.17) is 16.3 Å². The first-order chi connectivity index (χ1) is 11.8. The van der Waals surface area contributed by atoms with E-state index >= 15 is 0 Å². The molecule has 0 atom stereocenters. The summed E-state index contributed by atoms with van der Waals surface area (Å²) in [6.07, 6.45) is -3.34. The molecule has 10 heteroatoms. The Labute approximate surface area is 146 Å². The number of nitrogens with zero attached hydrogens (tertiary/aromatic N) is 2. The van der Waals surface area contributed by atoms with Crippen molar-refractivity contribution in [1.29, 1.82) is 0 Å². The van der Waals surface area contributed by atoms with Crippen LogP contribution in [-0.4, -0.2) is 36.1 Å². The van der Waals surface area contributed by atoms with Gasteiger partial charge in [-0.25, -0.2) is 9.97 Å². The average Bonchev–Trinajstić information content (AvgIpc) is 2.56. The molecule has 0 bridgehead atoms. The lowest BCUT2D eigenvalue weighted by molar-refractivity contribution is -0.136. The summed E-state index contributed by atoms with van der Waals surface area (Å²) in [5.74, 6) is -0.637. The minimum atomic E-state index is -4.66. The van der Waals surface area contributed by atoms with Crippen LogP contribution in [0.4, 0.5) is 24.8 Å². The maximum absolute atomic E-state index is 13.1. The molecule has 134 valence electrons. The Bertz CT molecular complexity index is 756. The van der Waals surface area contributed by atoms with Crippen molar-refractivity contribution in [3.8, 4) is 0 Å². The van der Waals surface area contributed by atoms with E-state index < -0.39 is 23.3 Å². The highest BCUT2D eigenvalue weighted by Crippen LogP contribution is 2.36.